The first kappa shape index (κ1) is 9.24. The Morgan fingerprint density at radius 2 is 2.21 bits per heavy atom. The molecule has 0 amide bonds. The minimum atomic E-state index is 0.612. The Kier molecular flexibility index (Phi) is 2.52. The van der Waals surface area contributed by atoms with Crippen molar-refractivity contribution in [3.8, 4) is 0 Å². The lowest BCUT2D eigenvalue weighted by Crippen LogP contribution is -2.07. The third-order valence-electron chi connectivity index (χ3n) is 2.67. The standard InChI is InChI=1S/C10H16N4/c1-3-7-4-8(7)13-10-6-12-5-9(11-2)14-10/h5-8H,3-4H2,1-2H3,(H2,11,13,14). The number of rotatable bonds is 4. The monoisotopic (exact) mass is 192 g/mol. The minimum Gasteiger partial charge on any atom is -0.372 e. The van der Waals surface area contributed by atoms with Crippen molar-refractivity contribution in [3.63, 3.8) is 0 Å². The van der Waals surface area contributed by atoms with Gasteiger partial charge in [0.25, 0.3) is 0 Å². The predicted octanol–water partition coefficient (Wildman–Crippen LogP) is 1.73. The summed E-state index contributed by atoms with van der Waals surface area (Å²) in [5.74, 6) is 2.51. The van der Waals surface area contributed by atoms with Crippen LogP contribution in [-0.4, -0.2) is 23.1 Å². The maximum absolute atomic E-state index is 4.36. The van der Waals surface area contributed by atoms with Gasteiger partial charge in [0.2, 0.25) is 0 Å². The average Bonchev–Trinajstić information content (AvgIpc) is 2.97. The molecule has 0 bridgehead atoms. The molecule has 2 N–H and O–H groups in total. The van der Waals surface area contributed by atoms with Gasteiger partial charge in [0.1, 0.15) is 11.6 Å². The zero-order chi connectivity index (χ0) is 9.97. The first-order valence-corrected chi connectivity index (χ1v) is 5.09. The van der Waals surface area contributed by atoms with Gasteiger partial charge in [-0.05, 0) is 12.3 Å². The highest BCUT2D eigenvalue weighted by atomic mass is 15.1. The summed E-state index contributed by atoms with van der Waals surface area (Å²) in [6, 6.07) is 0.612. The lowest BCUT2D eigenvalue weighted by atomic mass is 10.3. The molecule has 14 heavy (non-hydrogen) atoms. The molecule has 0 aliphatic heterocycles. The normalized spacial score (nSPS) is 24.4. The predicted molar refractivity (Wildman–Crippen MR) is 57.4 cm³/mol. The van der Waals surface area contributed by atoms with Gasteiger partial charge in [-0.3, -0.25) is 4.98 Å². The van der Waals surface area contributed by atoms with Crippen LogP contribution in [0.1, 0.15) is 19.8 Å². The molecule has 1 aliphatic carbocycles. The third-order valence-corrected chi connectivity index (χ3v) is 2.67. The van der Waals surface area contributed by atoms with Crippen molar-refractivity contribution in [1.29, 1.82) is 0 Å². The first-order valence-electron chi connectivity index (χ1n) is 5.09. The molecule has 0 spiro atoms. The van der Waals surface area contributed by atoms with Crippen LogP contribution in [0.3, 0.4) is 0 Å². The molecule has 2 rings (SSSR count). The minimum absolute atomic E-state index is 0.612. The maximum Gasteiger partial charge on any atom is 0.147 e. The Morgan fingerprint density at radius 1 is 1.43 bits per heavy atom. The van der Waals surface area contributed by atoms with Gasteiger partial charge in [-0.25, -0.2) is 4.98 Å². The van der Waals surface area contributed by atoms with Crippen molar-refractivity contribution in [1.82, 2.24) is 9.97 Å². The van der Waals surface area contributed by atoms with E-state index in [1.54, 1.807) is 12.4 Å². The largest absolute Gasteiger partial charge is 0.372 e. The van der Waals surface area contributed by atoms with Crippen molar-refractivity contribution >= 4 is 11.6 Å². The Hall–Kier alpha value is -1.32. The summed E-state index contributed by atoms with van der Waals surface area (Å²) in [6.45, 7) is 2.22. The van der Waals surface area contributed by atoms with E-state index in [0.717, 1.165) is 17.6 Å². The number of nitrogens with zero attached hydrogens (tertiary/aromatic N) is 2. The smallest absolute Gasteiger partial charge is 0.147 e. The molecule has 76 valence electrons. The third kappa shape index (κ3) is 1.95. The van der Waals surface area contributed by atoms with E-state index in [9.17, 15) is 0 Å². The Bertz CT molecular complexity index is 313. The van der Waals surface area contributed by atoms with E-state index in [4.69, 9.17) is 0 Å². The number of hydrogen-bond donors (Lipinski definition) is 2. The Morgan fingerprint density at radius 3 is 2.86 bits per heavy atom. The molecule has 0 radical (unpaired) electrons. The Labute approximate surface area is 84.2 Å². The van der Waals surface area contributed by atoms with Crippen LogP contribution in [0.25, 0.3) is 0 Å². The molecule has 1 aromatic rings. The molecule has 4 nitrogen and oxygen atoms in total. The zero-order valence-electron chi connectivity index (χ0n) is 8.62. The zero-order valence-corrected chi connectivity index (χ0v) is 8.62. The van der Waals surface area contributed by atoms with Gasteiger partial charge in [-0.1, -0.05) is 13.3 Å². The number of aromatic nitrogens is 2. The van der Waals surface area contributed by atoms with E-state index in [2.05, 4.69) is 27.5 Å². The van der Waals surface area contributed by atoms with Gasteiger partial charge in [0.05, 0.1) is 12.4 Å². The second-order valence-corrected chi connectivity index (χ2v) is 3.69. The summed E-state index contributed by atoms with van der Waals surface area (Å²) in [5.41, 5.74) is 0. The molecule has 1 aliphatic rings. The van der Waals surface area contributed by atoms with E-state index < -0.39 is 0 Å². The lowest BCUT2D eigenvalue weighted by molar-refractivity contribution is 0.773. The van der Waals surface area contributed by atoms with E-state index >= 15 is 0 Å². The second-order valence-electron chi connectivity index (χ2n) is 3.69. The fourth-order valence-corrected chi connectivity index (χ4v) is 1.62. The summed E-state index contributed by atoms with van der Waals surface area (Å²) in [6.07, 6.45) is 6.00. The van der Waals surface area contributed by atoms with Crippen molar-refractivity contribution in [2.24, 2.45) is 5.92 Å². The van der Waals surface area contributed by atoms with E-state index in [0.29, 0.717) is 6.04 Å². The van der Waals surface area contributed by atoms with Crippen LogP contribution >= 0.6 is 0 Å². The molecule has 1 heterocycles. The molecule has 2 unspecified atom stereocenters. The van der Waals surface area contributed by atoms with Crippen LogP contribution in [0.15, 0.2) is 12.4 Å². The Balaban J connectivity index is 1.96. The fourth-order valence-electron chi connectivity index (χ4n) is 1.62. The second kappa shape index (κ2) is 3.82. The van der Waals surface area contributed by atoms with Crippen LogP contribution in [0.5, 0.6) is 0 Å². The molecule has 4 heteroatoms. The summed E-state index contributed by atoms with van der Waals surface area (Å²) in [5, 5.41) is 6.35. The summed E-state index contributed by atoms with van der Waals surface area (Å²) in [4.78, 5) is 8.46. The van der Waals surface area contributed by atoms with Crippen LogP contribution in [0.4, 0.5) is 11.6 Å². The van der Waals surface area contributed by atoms with Crippen molar-refractivity contribution in [2.45, 2.75) is 25.8 Å². The average molecular weight is 192 g/mol. The summed E-state index contributed by atoms with van der Waals surface area (Å²) in [7, 11) is 1.85. The molecule has 1 fully saturated rings. The van der Waals surface area contributed by atoms with Gasteiger partial charge in [-0.15, -0.1) is 0 Å². The van der Waals surface area contributed by atoms with E-state index in [1.165, 1.54) is 12.8 Å². The SMILES string of the molecule is CCC1CC1Nc1cncc(NC)n1. The highest BCUT2D eigenvalue weighted by molar-refractivity contribution is 5.42. The molecular formula is C10H16N4. The lowest BCUT2D eigenvalue weighted by Gasteiger charge is -2.05. The number of nitrogens with one attached hydrogen (secondary N) is 2. The van der Waals surface area contributed by atoms with Gasteiger partial charge < -0.3 is 10.6 Å². The van der Waals surface area contributed by atoms with Gasteiger partial charge >= 0.3 is 0 Å². The van der Waals surface area contributed by atoms with Crippen molar-refractivity contribution in [3.05, 3.63) is 12.4 Å². The van der Waals surface area contributed by atoms with Crippen molar-refractivity contribution < 1.29 is 0 Å². The van der Waals surface area contributed by atoms with Crippen LogP contribution in [0.2, 0.25) is 0 Å². The molecule has 0 saturated heterocycles. The highest BCUT2D eigenvalue weighted by Gasteiger charge is 2.35. The van der Waals surface area contributed by atoms with E-state index in [1.807, 2.05) is 7.05 Å². The van der Waals surface area contributed by atoms with Crippen LogP contribution < -0.4 is 10.6 Å². The number of anilines is 2. The quantitative estimate of drug-likeness (QED) is 0.762. The van der Waals surface area contributed by atoms with Crippen molar-refractivity contribution in [2.75, 3.05) is 17.7 Å². The van der Waals surface area contributed by atoms with Gasteiger partial charge in [0, 0.05) is 13.1 Å². The molecule has 0 aromatic carbocycles. The van der Waals surface area contributed by atoms with Crippen LogP contribution in [-0.2, 0) is 0 Å². The molecule has 2 atom stereocenters. The topological polar surface area (TPSA) is 49.8 Å². The summed E-state index contributed by atoms with van der Waals surface area (Å²) >= 11 is 0. The van der Waals surface area contributed by atoms with E-state index in [-0.39, 0.29) is 0 Å². The summed E-state index contributed by atoms with van der Waals surface area (Å²) < 4.78 is 0. The maximum atomic E-state index is 4.36. The first-order chi connectivity index (χ1) is 6.83. The number of hydrogen-bond acceptors (Lipinski definition) is 4. The van der Waals surface area contributed by atoms with Gasteiger partial charge in [0.15, 0.2) is 0 Å². The fraction of sp³-hybridized carbons (Fsp3) is 0.600. The molecule has 1 aromatic heterocycles. The highest BCUT2D eigenvalue weighted by Crippen LogP contribution is 2.35. The molecule has 1 saturated carbocycles. The van der Waals surface area contributed by atoms with Gasteiger partial charge in [-0.2, -0.15) is 0 Å². The molecular weight excluding hydrogens is 176 g/mol. The van der Waals surface area contributed by atoms with Crippen LogP contribution in [0, 0.1) is 5.92 Å².